The topological polar surface area (TPSA) is 51.1 Å². The summed E-state index contributed by atoms with van der Waals surface area (Å²) in [6.07, 6.45) is 2.55. The molecule has 1 heterocycles. The maximum Gasteiger partial charge on any atom is 0.266 e. The number of fused-ring (bicyclic) bond motifs is 1. The monoisotopic (exact) mass is 620 g/mol. The molecule has 0 aromatic heterocycles. The van der Waals surface area contributed by atoms with E-state index in [1.807, 2.05) is 66.7 Å². The Morgan fingerprint density at radius 1 is 1.03 bits per heavy atom. The maximum absolute atomic E-state index is 13.4. The molecule has 5 rings (SSSR count). The van der Waals surface area contributed by atoms with E-state index in [0.29, 0.717) is 51.5 Å². The number of carbonyl (C=O) groups excluding carboxylic acids is 1. The van der Waals surface area contributed by atoms with Gasteiger partial charge in [-0.25, -0.2) is 4.99 Å². The third-order valence-electron chi connectivity index (χ3n) is 6.17. The third-order valence-corrected chi connectivity index (χ3v) is 8.05. The average Bonchev–Trinajstić information content (AvgIpc) is 3.22. The molecule has 198 valence electrons. The summed E-state index contributed by atoms with van der Waals surface area (Å²) in [5.74, 6) is 0.471. The summed E-state index contributed by atoms with van der Waals surface area (Å²) in [6.45, 7) is 1.47. The first-order chi connectivity index (χ1) is 19.0. The number of amides is 1. The number of methoxy groups -OCH3 is 1. The Hall–Kier alpha value is -3.10. The lowest BCUT2D eigenvalue weighted by atomic mass is 10.1. The molecule has 0 saturated carbocycles. The number of benzene rings is 4. The average molecular weight is 622 g/mol. The molecule has 4 aromatic carbocycles. The molecule has 0 N–H and O–H groups in total. The van der Waals surface area contributed by atoms with Crippen LogP contribution in [0.4, 0.5) is 5.69 Å². The summed E-state index contributed by atoms with van der Waals surface area (Å²) in [4.78, 5) is 20.4. The summed E-state index contributed by atoms with van der Waals surface area (Å²) in [6, 6.07) is 27.7. The van der Waals surface area contributed by atoms with Gasteiger partial charge in [-0.15, -0.1) is 0 Å². The molecule has 1 aliphatic rings. The fourth-order valence-corrected chi connectivity index (χ4v) is 6.30. The van der Waals surface area contributed by atoms with Crippen LogP contribution in [-0.2, 0) is 16.1 Å². The van der Waals surface area contributed by atoms with Crippen molar-refractivity contribution in [1.29, 1.82) is 0 Å². The lowest BCUT2D eigenvalue weighted by Crippen LogP contribution is -2.30. The zero-order valence-electron chi connectivity index (χ0n) is 21.3. The predicted molar refractivity (Wildman–Crippen MR) is 165 cm³/mol. The smallest absolute Gasteiger partial charge is 0.266 e. The molecule has 1 saturated heterocycles. The molecule has 4 aromatic rings. The van der Waals surface area contributed by atoms with Gasteiger partial charge in [0.05, 0.1) is 20.1 Å². The third kappa shape index (κ3) is 6.56. The fourth-order valence-electron chi connectivity index (χ4n) is 4.29. The van der Waals surface area contributed by atoms with Crippen LogP contribution < -0.4 is 4.74 Å². The standard InChI is InChI=1S/C31H26BrClN2O3S/c1-37-16-8-15-35-30(36)28(39-31(35)34-24-12-3-2-4-13-24)19-21-17-26(32)29(27(33)18-21)38-20-23-11-7-10-22-9-5-6-14-25(22)23/h2-7,9-14,17-19H,8,15-16,20H2,1H3/b28-19-,34-31?. The number of thioether (sulfide) groups is 1. The van der Waals surface area contributed by atoms with Crippen LogP contribution in [0.15, 0.2) is 99.3 Å². The van der Waals surface area contributed by atoms with E-state index in [-0.39, 0.29) is 5.91 Å². The lowest BCUT2D eigenvalue weighted by molar-refractivity contribution is -0.122. The minimum atomic E-state index is -0.0886. The summed E-state index contributed by atoms with van der Waals surface area (Å²) >= 11 is 11.6. The number of amidine groups is 1. The molecule has 5 nitrogen and oxygen atoms in total. The second-order valence-corrected chi connectivity index (χ2v) is 11.2. The Labute approximate surface area is 245 Å². The molecule has 0 radical (unpaired) electrons. The van der Waals surface area contributed by atoms with E-state index in [2.05, 4.69) is 40.2 Å². The van der Waals surface area contributed by atoms with Gasteiger partial charge in [0.2, 0.25) is 0 Å². The van der Waals surface area contributed by atoms with Crippen molar-refractivity contribution in [3.8, 4) is 5.75 Å². The minimum absolute atomic E-state index is 0.0886. The number of para-hydroxylation sites is 1. The minimum Gasteiger partial charge on any atom is -0.486 e. The molecule has 39 heavy (non-hydrogen) atoms. The van der Waals surface area contributed by atoms with E-state index in [0.717, 1.165) is 27.6 Å². The van der Waals surface area contributed by atoms with Gasteiger partial charge in [0.1, 0.15) is 6.61 Å². The molecule has 0 atom stereocenters. The second kappa shape index (κ2) is 12.8. The summed E-state index contributed by atoms with van der Waals surface area (Å²) < 4.78 is 12.1. The molecule has 8 heteroatoms. The molecular formula is C31H26BrClN2O3S. The van der Waals surface area contributed by atoms with Gasteiger partial charge in [0.15, 0.2) is 10.9 Å². The van der Waals surface area contributed by atoms with E-state index in [1.54, 1.807) is 12.0 Å². The summed E-state index contributed by atoms with van der Waals surface area (Å²) in [5, 5.41) is 3.42. The first-order valence-electron chi connectivity index (χ1n) is 12.5. The highest BCUT2D eigenvalue weighted by Crippen LogP contribution is 2.39. The zero-order valence-corrected chi connectivity index (χ0v) is 24.4. The SMILES string of the molecule is COCCCN1C(=O)/C(=C/c2cc(Cl)c(OCc3cccc4ccccc34)c(Br)c2)SC1=Nc1ccccc1. The maximum atomic E-state index is 13.4. The highest BCUT2D eigenvalue weighted by molar-refractivity contribution is 9.10. The number of hydrogen-bond acceptors (Lipinski definition) is 5. The van der Waals surface area contributed by atoms with Crippen LogP contribution in [0.2, 0.25) is 5.02 Å². The van der Waals surface area contributed by atoms with E-state index < -0.39 is 0 Å². The van der Waals surface area contributed by atoms with Crippen LogP contribution in [0.5, 0.6) is 5.75 Å². The van der Waals surface area contributed by atoms with Crippen molar-refractivity contribution in [1.82, 2.24) is 4.90 Å². The number of hydrogen-bond donors (Lipinski definition) is 0. The number of rotatable bonds is 9. The number of aliphatic imine (C=N–C) groups is 1. The fraction of sp³-hybridized carbons (Fsp3) is 0.161. The molecule has 0 spiro atoms. The van der Waals surface area contributed by atoms with Crippen molar-refractivity contribution in [3.05, 3.63) is 110 Å². The quantitative estimate of drug-likeness (QED) is 0.139. The highest BCUT2D eigenvalue weighted by Gasteiger charge is 2.33. The van der Waals surface area contributed by atoms with Crippen LogP contribution >= 0.6 is 39.3 Å². The first kappa shape index (κ1) is 27.5. The Bertz CT molecular complexity index is 1530. The zero-order chi connectivity index (χ0) is 27.2. The summed E-state index contributed by atoms with van der Waals surface area (Å²) in [7, 11) is 1.65. The van der Waals surface area contributed by atoms with Gasteiger partial charge in [-0.3, -0.25) is 9.69 Å². The van der Waals surface area contributed by atoms with Gasteiger partial charge in [-0.05, 0) is 86.4 Å². The van der Waals surface area contributed by atoms with Crippen LogP contribution in [-0.4, -0.2) is 36.2 Å². The van der Waals surface area contributed by atoms with E-state index in [1.165, 1.54) is 11.8 Å². The van der Waals surface area contributed by atoms with Gasteiger partial charge >= 0.3 is 0 Å². The van der Waals surface area contributed by atoms with Crippen LogP contribution in [0.3, 0.4) is 0 Å². The Balaban J connectivity index is 1.37. The number of nitrogens with zero attached hydrogens (tertiary/aromatic N) is 2. The van der Waals surface area contributed by atoms with Gasteiger partial charge < -0.3 is 9.47 Å². The molecule has 0 unspecified atom stereocenters. The van der Waals surface area contributed by atoms with Crippen molar-refractivity contribution in [2.24, 2.45) is 4.99 Å². The number of halogens is 2. The van der Waals surface area contributed by atoms with Gasteiger partial charge in [0.25, 0.3) is 5.91 Å². The van der Waals surface area contributed by atoms with Crippen molar-refractivity contribution in [3.63, 3.8) is 0 Å². The molecule has 1 aliphatic heterocycles. The largest absolute Gasteiger partial charge is 0.486 e. The Morgan fingerprint density at radius 3 is 2.59 bits per heavy atom. The van der Waals surface area contributed by atoms with Gasteiger partial charge in [-0.1, -0.05) is 72.3 Å². The molecule has 1 amide bonds. The van der Waals surface area contributed by atoms with Crippen molar-refractivity contribution < 1.29 is 14.3 Å². The van der Waals surface area contributed by atoms with Crippen molar-refractivity contribution in [2.45, 2.75) is 13.0 Å². The second-order valence-electron chi connectivity index (χ2n) is 8.88. The summed E-state index contributed by atoms with van der Waals surface area (Å²) in [5.41, 5.74) is 2.66. The van der Waals surface area contributed by atoms with E-state index >= 15 is 0 Å². The predicted octanol–water partition coefficient (Wildman–Crippen LogP) is 8.48. The molecule has 1 fully saturated rings. The number of carbonyl (C=O) groups is 1. The number of ether oxygens (including phenoxy) is 2. The normalized spacial score (nSPS) is 15.6. The lowest BCUT2D eigenvalue weighted by Gasteiger charge is -2.15. The Kier molecular flexibility index (Phi) is 9.04. The van der Waals surface area contributed by atoms with Crippen LogP contribution in [0.25, 0.3) is 16.8 Å². The van der Waals surface area contributed by atoms with Crippen LogP contribution in [0, 0.1) is 0 Å². The van der Waals surface area contributed by atoms with Gasteiger partial charge in [-0.2, -0.15) is 0 Å². The van der Waals surface area contributed by atoms with E-state index in [9.17, 15) is 4.79 Å². The van der Waals surface area contributed by atoms with Crippen LogP contribution in [0.1, 0.15) is 17.5 Å². The van der Waals surface area contributed by atoms with Gasteiger partial charge in [0, 0.05) is 20.3 Å². The first-order valence-corrected chi connectivity index (χ1v) is 14.4. The molecule has 0 aliphatic carbocycles. The Morgan fingerprint density at radius 2 is 1.79 bits per heavy atom. The van der Waals surface area contributed by atoms with Crippen molar-refractivity contribution >= 4 is 72.9 Å². The highest BCUT2D eigenvalue weighted by atomic mass is 79.9. The molecular weight excluding hydrogens is 596 g/mol. The van der Waals surface area contributed by atoms with Crippen molar-refractivity contribution in [2.75, 3.05) is 20.3 Å². The molecule has 0 bridgehead atoms. The van der Waals surface area contributed by atoms with E-state index in [4.69, 9.17) is 26.1 Å².